The van der Waals surface area contributed by atoms with E-state index in [2.05, 4.69) is 0 Å². The van der Waals surface area contributed by atoms with E-state index in [-0.39, 0.29) is 17.5 Å². The molecule has 1 aliphatic rings. The SMILES string of the molecule is O=C(O)[C@@H]1c2ccccc2C(=O)N([C@H](CO)c2ccccc2)[C@H]1c1ccc(Cl)cc1Cl. The van der Waals surface area contributed by atoms with Gasteiger partial charge in [0.2, 0.25) is 0 Å². The van der Waals surface area contributed by atoms with Crippen LogP contribution in [0.25, 0.3) is 0 Å². The number of amides is 1. The van der Waals surface area contributed by atoms with Crippen LogP contribution in [0.5, 0.6) is 0 Å². The second kappa shape index (κ2) is 8.71. The lowest BCUT2D eigenvalue weighted by Gasteiger charge is -2.44. The van der Waals surface area contributed by atoms with E-state index < -0.39 is 24.0 Å². The molecule has 3 aromatic carbocycles. The quantitative estimate of drug-likeness (QED) is 0.561. The Kier molecular flexibility index (Phi) is 6.01. The Morgan fingerprint density at radius 3 is 2.29 bits per heavy atom. The molecule has 7 heteroatoms. The van der Waals surface area contributed by atoms with Crippen LogP contribution in [-0.2, 0) is 4.79 Å². The molecule has 3 aromatic rings. The van der Waals surface area contributed by atoms with E-state index in [1.165, 1.54) is 11.0 Å². The van der Waals surface area contributed by atoms with E-state index >= 15 is 0 Å². The van der Waals surface area contributed by atoms with Crippen LogP contribution >= 0.6 is 23.2 Å². The minimum absolute atomic E-state index is 0.255. The number of fused-ring (bicyclic) bond motifs is 1. The zero-order chi connectivity index (χ0) is 22.1. The fraction of sp³-hybridized carbons (Fsp3) is 0.167. The Bertz CT molecular complexity index is 1140. The predicted octanol–water partition coefficient (Wildman–Crippen LogP) is 5.09. The van der Waals surface area contributed by atoms with Crippen LogP contribution in [0, 0.1) is 0 Å². The summed E-state index contributed by atoms with van der Waals surface area (Å²) in [6.45, 7) is -0.383. The Morgan fingerprint density at radius 2 is 1.65 bits per heavy atom. The third-order valence-electron chi connectivity index (χ3n) is 5.62. The zero-order valence-electron chi connectivity index (χ0n) is 16.3. The monoisotopic (exact) mass is 455 g/mol. The molecule has 0 saturated carbocycles. The van der Waals surface area contributed by atoms with Gasteiger partial charge in [-0.05, 0) is 34.9 Å². The van der Waals surface area contributed by atoms with Crippen molar-refractivity contribution in [3.63, 3.8) is 0 Å². The van der Waals surface area contributed by atoms with Gasteiger partial charge in [-0.25, -0.2) is 0 Å². The normalized spacial score (nSPS) is 19.1. The van der Waals surface area contributed by atoms with Crippen molar-refractivity contribution < 1.29 is 19.8 Å². The molecular formula is C24H19Cl2NO4. The molecule has 31 heavy (non-hydrogen) atoms. The van der Waals surface area contributed by atoms with E-state index in [0.717, 1.165) is 0 Å². The number of aliphatic hydroxyl groups excluding tert-OH is 1. The van der Waals surface area contributed by atoms with Gasteiger partial charge in [-0.1, -0.05) is 77.8 Å². The van der Waals surface area contributed by atoms with Crippen LogP contribution in [0.4, 0.5) is 0 Å². The predicted molar refractivity (Wildman–Crippen MR) is 118 cm³/mol. The molecule has 5 nitrogen and oxygen atoms in total. The smallest absolute Gasteiger partial charge is 0.313 e. The molecule has 158 valence electrons. The minimum Gasteiger partial charge on any atom is -0.481 e. The lowest BCUT2D eigenvalue weighted by Crippen LogP contribution is -2.47. The van der Waals surface area contributed by atoms with Crippen molar-refractivity contribution in [3.8, 4) is 0 Å². The fourth-order valence-electron chi connectivity index (χ4n) is 4.26. The summed E-state index contributed by atoms with van der Waals surface area (Å²) in [6, 6.07) is 18.8. The second-order valence-electron chi connectivity index (χ2n) is 7.34. The highest BCUT2D eigenvalue weighted by Crippen LogP contribution is 2.48. The Morgan fingerprint density at radius 1 is 0.968 bits per heavy atom. The molecule has 0 aromatic heterocycles. The molecule has 0 bridgehead atoms. The topological polar surface area (TPSA) is 77.8 Å². The first kappa shape index (κ1) is 21.4. The summed E-state index contributed by atoms with van der Waals surface area (Å²) in [5.74, 6) is -2.54. The van der Waals surface area contributed by atoms with Crippen LogP contribution < -0.4 is 0 Å². The van der Waals surface area contributed by atoms with E-state index in [1.54, 1.807) is 60.7 Å². The maximum absolute atomic E-state index is 13.7. The van der Waals surface area contributed by atoms with Gasteiger partial charge in [0.15, 0.2) is 0 Å². The molecule has 0 saturated heterocycles. The van der Waals surface area contributed by atoms with Crippen LogP contribution in [0.1, 0.15) is 45.0 Å². The maximum atomic E-state index is 13.7. The summed E-state index contributed by atoms with van der Waals surface area (Å²) in [5, 5.41) is 21.2. The van der Waals surface area contributed by atoms with Crippen molar-refractivity contribution in [2.24, 2.45) is 0 Å². The number of benzene rings is 3. The van der Waals surface area contributed by atoms with Gasteiger partial charge in [-0.2, -0.15) is 0 Å². The molecule has 0 radical (unpaired) electrons. The molecule has 0 spiro atoms. The minimum atomic E-state index is -1.09. The van der Waals surface area contributed by atoms with Crippen LogP contribution in [0.2, 0.25) is 10.0 Å². The van der Waals surface area contributed by atoms with E-state index in [4.69, 9.17) is 23.2 Å². The van der Waals surface area contributed by atoms with Crippen molar-refractivity contribution in [1.82, 2.24) is 4.90 Å². The van der Waals surface area contributed by atoms with Gasteiger partial charge in [0.1, 0.15) is 5.92 Å². The van der Waals surface area contributed by atoms with E-state index in [1.807, 2.05) is 6.07 Å². The van der Waals surface area contributed by atoms with Gasteiger partial charge < -0.3 is 15.1 Å². The average molecular weight is 456 g/mol. The lowest BCUT2D eigenvalue weighted by atomic mass is 9.78. The van der Waals surface area contributed by atoms with Gasteiger partial charge in [0, 0.05) is 15.6 Å². The molecular weight excluding hydrogens is 437 g/mol. The lowest BCUT2D eigenvalue weighted by molar-refractivity contribution is -0.141. The van der Waals surface area contributed by atoms with Crippen molar-refractivity contribution in [2.75, 3.05) is 6.61 Å². The third-order valence-corrected chi connectivity index (χ3v) is 6.18. The molecule has 0 unspecified atom stereocenters. The number of carboxylic acid groups (broad SMARTS) is 1. The van der Waals surface area contributed by atoms with Gasteiger partial charge >= 0.3 is 5.97 Å². The highest BCUT2D eigenvalue weighted by atomic mass is 35.5. The van der Waals surface area contributed by atoms with Crippen LogP contribution in [-0.4, -0.2) is 33.6 Å². The molecule has 1 aliphatic heterocycles. The number of halogens is 2. The summed E-state index contributed by atoms with van der Waals surface area (Å²) in [6.07, 6.45) is 0. The number of carbonyl (C=O) groups excluding carboxylic acids is 1. The Labute approximate surface area is 189 Å². The van der Waals surface area contributed by atoms with Crippen molar-refractivity contribution in [2.45, 2.75) is 18.0 Å². The first-order valence-electron chi connectivity index (χ1n) is 9.69. The standard InChI is InChI=1S/C24H19Cl2NO4/c25-15-10-11-18(19(26)12-15)22-21(24(30)31)16-8-4-5-9-17(16)23(29)27(22)20(13-28)14-6-2-1-3-7-14/h1-12,20-22,28H,13H2,(H,30,31)/t20-,21-,22+/m1/s1. The number of hydrogen-bond donors (Lipinski definition) is 2. The molecule has 1 heterocycles. The molecule has 1 amide bonds. The summed E-state index contributed by atoms with van der Waals surface area (Å²) in [7, 11) is 0. The Balaban J connectivity index is 1.99. The highest BCUT2D eigenvalue weighted by molar-refractivity contribution is 6.35. The second-order valence-corrected chi connectivity index (χ2v) is 8.18. The van der Waals surface area contributed by atoms with Gasteiger partial charge in [0.05, 0.1) is 18.7 Å². The number of carboxylic acids is 1. The number of carbonyl (C=O) groups is 2. The first-order chi connectivity index (χ1) is 14.9. The number of nitrogens with zero attached hydrogens (tertiary/aromatic N) is 1. The van der Waals surface area contributed by atoms with Gasteiger partial charge in [0.25, 0.3) is 5.91 Å². The zero-order valence-corrected chi connectivity index (χ0v) is 17.8. The van der Waals surface area contributed by atoms with E-state index in [0.29, 0.717) is 27.3 Å². The molecule has 0 aliphatic carbocycles. The average Bonchev–Trinajstić information content (AvgIpc) is 2.76. The van der Waals surface area contributed by atoms with Crippen molar-refractivity contribution >= 4 is 35.1 Å². The third kappa shape index (κ3) is 3.81. The van der Waals surface area contributed by atoms with E-state index in [9.17, 15) is 19.8 Å². The number of hydrogen-bond acceptors (Lipinski definition) is 3. The summed E-state index contributed by atoms with van der Waals surface area (Å²) >= 11 is 12.6. The largest absolute Gasteiger partial charge is 0.481 e. The number of rotatable bonds is 5. The van der Waals surface area contributed by atoms with Crippen LogP contribution in [0.3, 0.4) is 0 Å². The molecule has 3 atom stereocenters. The summed E-state index contributed by atoms with van der Waals surface area (Å²) in [5.41, 5.74) is 1.86. The van der Waals surface area contributed by atoms with Crippen molar-refractivity contribution in [1.29, 1.82) is 0 Å². The molecule has 4 rings (SSSR count). The number of aliphatic hydroxyl groups is 1. The van der Waals surface area contributed by atoms with Gasteiger partial charge in [-0.3, -0.25) is 9.59 Å². The summed E-state index contributed by atoms with van der Waals surface area (Å²) in [4.78, 5) is 27.6. The Hall–Kier alpha value is -2.86. The molecule has 2 N–H and O–H groups in total. The number of aliphatic carboxylic acids is 1. The van der Waals surface area contributed by atoms with Crippen molar-refractivity contribution in [3.05, 3.63) is 105 Å². The first-order valence-corrected chi connectivity index (χ1v) is 10.4. The fourth-order valence-corrected chi connectivity index (χ4v) is 4.78. The van der Waals surface area contributed by atoms with Crippen LogP contribution in [0.15, 0.2) is 72.8 Å². The summed E-state index contributed by atoms with van der Waals surface area (Å²) < 4.78 is 0. The maximum Gasteiger partial charge on any atom is 0.313 e. The molecule has 0 fully saturated rings. The highest BCUT2D eigenvalue weighted by Gasteiger charge is 2.47. The van der Waals surface area contributed by atoms with Gasteiger partial charge in [-0.15, -0.1) is 0 Å².